The molecule has 0 saturated carbocycles. The molecule has 31 heavy (non-hydrogen) atoms. The van der Waals surface area contributed by atoms with Gasteiger partial charge in [0.1, 0.15) is 5.82 Å². The van der Waals surface area contributed by atoms with Gasteiger partial charge in [-0.1, -0.05) is 0 Å². The number of hydrogen-bond acceptors (Lipinski definition) is 7. The molecule has 0 spiro atoms. The van der Waals surface area contributed by atoms with Gasteiger partial charge in [0.05, 0.1) is 29.3 Å². The Balaban J connectivity index is 1.61. The Hall–Kier alpha value is -3.21. The number of morpholine rings is 1. The number of rotatable bonds is 5. The maximum absolute atomic E-state index is 13.1. The van der Waals surface area contributed by atoms with Crippen molar-refractivity contribution in [3.8, 4) is 0 Å². The fraction of sp³-hybridized carbons (Fsp3) is 0.238. The zero-order chi connectivity index (χ0) is 22.0. The number of amides is 1. The number of ether oxygens (including phenoxy) is 1. The minimum absolute atomic E-state index is 0.139. The average molecular weight is 442 g/mol. The molecule has 0 radical (unpaired) electrons. The van der Waals surface area contributed by atoms with E-state index in [1.54, 1.807) is 17.6 Å². The van der Waals surface area contributed by atoms with Crippen LogP contribution in [0.5, 0.6) is 0 Å². The molecule has 162 valence electrons. The molecular weight excluding hydrogens is 420 g/mol. The van der Waals surface area contributed by atoms with Crippen LogP contribution in [-0.2, 0) is 14.8 Å². The monoisotopic (exact) mass is 442 g/mol. The highest BCUT2D eigenvalue weighted by atomic mass is 32.2. The summed E-state index contributed by atoms with van der Waals surface area (Å²) in [6.45, 7) is 2.87. The van der Waals surface area contributed by atoms with Crippen LogP contribution in [0.3, 0.4) is 0 Å². The van der Waals surface area contributed by atoms with Gasteiger partial charge in [0.15, 0.2) is 0 Å². The maximum atomic E-state index is 13.1. The molecule has 2 heterocycles. The van der Waals surface area contributed by atoms with Crippen LogP contribution in [0, 0.1) is 0 Å². The summed E-state index contributed by atoms with van der Waals surface area (Å²) in [5.41, 5.74) is 2.85. The number of hydrogen-bond donors (Lipinski definition) is 2. The normalized spacial score (nSPS) is 14.5. The maximum Gasteiger partial charge on any atom is 0.274 e. The summed E-state index contributed by atoms with van der Waals surface area (Å²) in [6.07, 6.45) is 0. The molecule has 0 atom stereocenters. The molecule has 1 aromatic heterocycles. The van der Waals surface area contributed by atoms with E-state index in [2.05, 4.69) is 9.88 Å². The summed E-state index contributed by atoms with van der Waals surface area (Å²) >= 11 is 0. The third kappa shape index (κ3) is 4.18. The van der Waals surface area contributed by atoms with Crippen molar-refractivity contribution in [2.24, 2.45) is 0 Å². The molecule has 1 aliphatic heterocycles. The molecule has 10 heteroatoms. The Labute approximate surface area is 179 Å². The van der Waals surface area contributed by atoms with Crippen molar-refractivity contribution in [1.29, 1.82) is 0 Å². The summed E-state index contributed by atoms with van der Waals surface area (Å²) in [5.74, 6) is 0.172. The van der Waals surface area contributed by atoms with Crippen LogP contribution in [-0.4, -0.2) is 57.9 Å². The highest BCUT2D eigenvalue weighted by Crippen LogP contribution is 2.26. The summed E-state index contributed by atoms with van der Waals surface area (Å²) in [4.78, 5) is 18.4. The van der Waals surface area contributed by atoms with Gasteiger partial charge in [-0.05, 0) is 54.6 Å². The topological polar surface area (TPSA) is 112 Å². The second-order valence-electron chi connectivity index (χ2n) is 7.08. The number of sulfonamides is 1. The van der Waals surface area contributed by atoms with Gasteiger partial charge >= 0.3 is 0 Å². The van der Waals surface area contributed by atoms with Gasteiger partial charge in [-0.2, -0.15) is 0 Å². The fourth-order valence-electron chi connectivity index (χ4n) is 3.41. The lowest BCUT2D eigenvalue weighted by Crippen LogP contribution is -2.36. The zero-order valence-electron chi connectivity index (χ0n) is 16.9. The van der Waals surface area contributed by atoms with Crippen molar-refractivity contribution in [3.05, 3.63) is 60.2 Å². The lowest BCUT2D eigenvalue weighted by molar-refractivity contribution is 0.0706. The third-order valence-corrected chi connectivity index (χ3v) is 7.02. The van der Waals surface area contributed by atoms with E-state index in [9.17, 15) is 13.2 Å². The molecule has 2 aromatic carbocycles. The van der Waals surface area contributed by atoms with E-state index in [1.807, 2.05) is 12.1 Å². The van der Waals surface area contributed by atoms with E-state index in [0.29, 0.717) is 24.4 Å². The standard InChI is InChI=1S/C21H22N4O5S/c1-24(17-5-2-15(3-6-17)21(26)23-27)31(28,29)18-7-8-19-16(14-18)4-9-20(22-19)25-10-12-30-13-11-25/h2-9,14,27H,10-13H2,1H3,(H,23,26). The second kappa shape index (κ2) is 8.50. The minimum Gasteiger partial charge on any atom is -0.378 e. The number of carbonyl (C=O) groups is 1. The van der Waals surface area contributed by atoms with Crippen LogP contribution < -0.4 is 14.7 Å². The Morgan fingerprint density at radius 2 is 1.81 bits per heavy atom. The smallest absolute Gasteiger partial charge is 0.274 e. The Morgan fingerprint density at radius 3 is 2.48 bits per heavy atom. The van der Waals surface area contributed by atoms with E-state index in [0.717, 1.165) is 28.6 Å². The van der Waals surface area contributed by atoms with E-state index in [1.165, 1.54) is 37.4 Å². The molecule has 0 aliphatic carbocycles. The highest BCUT2D eigenvalue weighted by Gasteiger charge is 2.22. The number of anilines is 2. The first kappa shape index (κ1) is 21.0. The summed E-state index contributed by atoms with van der Waals surface area (Å²) in [6, 6.07) is 14.5. The Bertz CT molecular complexity index is 1210. The van der Waals surface area contributed by atoms with Crippen molar-refractivity contribution in [2.45, 2.75) is 4.90 Å². The number of benzene rings is 2. The summed E-state index contributed by atoms with van der Waals surface area (Å²) in [5, 5.41) is 9.43. The van der Waals surface area contributed by atoms with Crippen molar-refractivity contribution < 1.29 is 23.2 Å². The van der Waals surface area contributed by atoms with E-state index < -0.39 is 15.9 Å². The number of nitrogens with zero attached hydrogens (tertiary/aromatic N) is 3. The van der Waals surface area contributed by atoms with Crippen LogP contribution in [0.2, 0.25) is 0 Å². The molecule has 1 amide bonds. The second-order valence-corrected chi connectivity index (χ2v) is 9.05. The van der Waals surface area contributed by atoms with Crippen molar-refractivity contribution in [3.63, 3.8) is 0 Å². The van der Waals surface area contributed by atoms with Gasteiger partial charge in [-0.25, -0.2) is 18.9 Å². The van der Waals surface area contributed by atoms with Crippen LogP contribution >= 0.6 is 0 Å². The fourth-order valence-corrected chi connectivity index (χ4v) is 4.64. The lowest BCUT2D eigenvalue weighted by Gasteiger charge is -2.28. The van der Waals surface area contributed by atoms with Gasteiger partial charge in [0, 0.05) is 31.1 Å². The molecular formula is C21H22N4O5S. The molecule has 4 rings (SSSR count). The third-order valence-electron chi connectivity index (χ3n) is 5.23. The summed E-state index contributed by atoms with van der Waals surface area (Å²) < 4.78 is 32.8. The lowest BCUT2D eigenvalue weighted by atomic mass is 10.2. The van der Waals surface area contributed by atoms with Gasteiger partial charge in [-0.3, -0.25) is 14.3 Å². The van der Waals surface area contributed by atoms with Crippen molar-refractivity contribution in [2.75, 3.05) is 42.6 Å². The number of carbonyl (C=O) groups excluding carboxylic acids is 1. The van der Waals surface area contributed by atoms with E-state index in [-0.39, 0.29) is 10.5 Å². The molecule has 0 unspecified atom stereocenters. The SMILES string of the molecule is CN(c1ccc(C(=O)NO)cc1)S(=O)(=O)c1ccc2nc(N3CCOCC3)ccc2c1. The zero-order valence-corrected chi connectivity index (χ0v) is 17.7. The summed E-state index contributed by atoms with van der Waals surface area (Å²) in [7, 11) is -2.38. The molecule has 2 N–H and O–H groups in total. The van der Waals surface area contributed by atoms with Crippen LogP contribution in [0.4, 0.5) is 11.5 Å². The van der Waals surface area contributed by atoms with Crippen LogP contribution in [0.15, 0.2) is 59.5 Å². The molecule has 1 fully saturated rings. The molecule has 0 bridgehead atoms. The Morgan fingerprint density at radius 1 is 1.10 bits per heavy atom. The average Bonchev–Trinajstić information content (AvgIpc) is 2.83. The first-order valence-electron chi connectivity index (χ1n) is 9.67. The van der Waals surface area contributed by atoms with E-state index in [4.69, 9.17) is 9.94 Å². The van der Waals surface area contributed by atoms with Crippen LogP contribution in [0.25, 0.3) is 10.9 Å². The number of hydroxylamine groups is 1. The Kier molecular flexibility index (Phi) is 5.77. The highest BCUT2D eigenvalue weighted by molar-refractivity contribution is 7.92. The first-order valence-corrected chi connectivity index (χ1v) is 11.1. The quantitative estimate of drug-likeness (QED) is 0.459. The molecule has 3 aromatic rings. The predicted octanol–water partition coefficient (Wildman–Crippen LogP) is 2.02. The number of pyridine rings is 1. The number of aromatic nitrogens is 1. The van der Waals surface area contributed by atoms with Crippen molar-refractivity contribution in [1.82, 2.24) is 10.5 Å². The van der Waals surface area contributed by atoms with Crippen molar-refractivity contribution >= 4 is 38.3 Å². The van der Waals surface area contributed by atoms with Crippen LogP contribution in [0.1, 0.15) is 10.4 Å². The largest absolute Gasteiger partial charge is 0.378 e. The van der Waals surface area contributed by atoms with E-state index >= 15 is 0 Å². The first-order chi connectivity index (χ1) is 14.9. The van der Waals surface area contributed by atoms with Gasteiger partial charge in [-0.15, -0.1) is 0 Å². The van der Waals surface area contributed by atoms with Gasteiger partial charge in [0.2, 0.25) is 0 Å². The van der Waals surface area contributed by atoms with Gasteiger partial charge in [0.25, 0.3) is 15.9 Å². The molecule has 1 saturated heterocycles. The molecule has 9 nitrogen and oxygen atoms in total. The van der Waals surface area contributed by atoms with Gasteiger partial charge < -0.3 is 9.64 Å². The minimum atomic E-state index is -3.82. The molecule has 1 aliphatic rings. The number of fused-ring (bicyclic) bond motifs is 1. The predicted molar refractivity (Wildman–Crippen MR) is 116 cm³/mol. The number of nitrogens with one attached hydrogen (secondary N) is 1.